The maximum absolute atomic E-state index is 13.1. The van der Waals surface area contributed by atoms with Crippen molar-refractivity contribution in [2.45, 2.75) is 12.1 Å². The van der Waals surface area contributed by atoms with Crippen molar-refractivity contribution in [2.75, 3.05) is 13.7 Å². The second-order valence-corrected chi connectivity index (χ2v) is 7.42. The van der Waals surface area contributed by atoms with Crippen molar-refractivity contribution in [3.8, 4) is 17.0 Å². The molecule has 3 aromatic rings. The average molecular weight is 418 g/mol. The van der Waals surface area contributed by atoms with E-state index in [-0.39, 0.29) is 12.5 Å². The number of carbonyl (C=O) groups excluding carboxylic acids is 3. The Balaban J connectivity index is 1.53. The summed E-state index contributed by atoms with van der Waals surface area (Å²) in [5.41, 5.74) is 1.64. The second-order valence-electron chi connectivity index (χ2n) is 7.42. The molecule has 1 atom stereocenters. The van der Waals surface area contributed by atoms with Crippen molar-refractivity contribution in [2.24, 2.45) is 0 Å². The molecule has 2 aromatic heterocycles. The molecule has 1 fully saturated rings. The third-order valence-electron chi connectivity index (χ3n) is 5.59. The molecule has 2 aliphatic rings. The van der Waals surface area contributed by atoms with Gasteiger partial charge in [0, 0.05) is 41.8 Å². The second kappa shape index (κ2) is 6.94. The van der Waals surface area contributed by atoms with Crippen LogP contribution in [0.25, 0.3) is 11.3 Å². The number of benzene rings is 1. The number of fused-ring (bicyclic) bond motifs is 1. The Morgan fingerprint density at radius 2 is 2.03 bits per heavy atom. The van der Waals surface area contributed by atoms with Crippen LogP contribution in [0.1, 0.15) is 21.5 Å². The van der Waals surface area contributed by atoms with Gasteiger partial charge in [-0.05, 0) is 29.8 Å². The Hall–Kier alpha value is -4.21. The third kappa shape index (κ3) is 3.00. The maximum Gasteiger partial charge on any atom is 0.322 e. The van der Waals surface area contributed by atoms with Crippen LogP contribution in [0.4, 0.5) is 4.79 Å². The molecule has 1 aromatic carbocycles. The van der Waals surface area contributed by atoms with Crippen LogP contribution in [0.3, 0.4) is 0 Å². The van der Waals surface area contributed by atoms with Gasteiger partial charge in [0.25, 0.3) is 11.8 Å². The SMILES string of the molecule is COc1ccc2c(c1)C(=O)N(C[C@@]1(c3cncc(-c4cc[nH]n4)c3)NC(=O)NC1=O)C2. The quantitative estimate of drug-likeness (QED) is 0.534. The Labute approximate surface area is 176 Å². The van der Waals surface area contributed by atoms with E-state index in [0.717, 1.165) is 5.56 Å². The van der Waals surface area contributed by atoms with Crippen molar-refractivity contribution in [3.63, 3.8) is 0 Å². The molecule has 0 bridgehead atoms. The topological polar surface area (TPSA) is 129 Å². The number of urea groups is 1. The fraction of sp³-hybridized carbons (Fsp3) is 0.190. The number of aromatic nitrogens is 3. The van der Waals surface area contributed by atoms with Crippen molar-refractivity contribution >= 4 is 17.8 Å². The largest absolute Gasteiger partial charge is 0.497 e. The summed E-state index contributed by atoms with van der Waals surface area (Å²) in [6, 6.07) is 8.18. The van der Waals surface area contributed by atoms with Crippen LogP contribution in [-0.4, -0.2) is 51.6 Å². The minimum absolute atomic E-state index is 0.0495. The lowest BCUT2D eigenvalue weighted by Gasteiger charge is -2.31. The summed E-state index contributed by atoms with van der Waals surface area (Å²) >= 11 is 0. The number of imide groups is 1. The standard InChI is InChI=1S/C21H18N6O4/c1-31-15-3-2-12-10-27(18(28)16(12)7-15)11-21(19(29)24-20(30)25-21)14-6-13(8-22-9-14)17-4-5-23-26-17/h2-9H,10-11H2,1H3,(H,23,26)(H2,24,25,29,30)/t21-/m0/s1. The predicted molar refractivity (Wildman–Crippen MR) is 108 cm³/mol. The maximum atomic E-state index is 13.1. The predicted octanol–water partition coefficient (Wildman–Crippen LogP) is 1.17. The zero-order valence-electron chi connectivity index (χ0n) is 16.5. The summed E-state index contributed by atoms with van der Waals surface area (Å²) in [7, 11) is 1.53. The third-order valence-corrected chi connectivity index (χ3v) is 5.59. The zero-order chi connectivity index (χ0) is 21.6. The Morgan fingerprint density at radius 1 is 1.16 bits per heavy atom. The van der Waals surface area contributed by atoms with Crippen molar-refractivity contribution in [1.29, 1.82) is 0 Å². The molecule has 31 heavy (non-hydrogen) atoms. The number of carbonyl (C=O) groups is 3. The molecule has 0 radical (unpaired) electrons. The molecule has 2 aliphatic heterocycles. The molecule has 10 nitrogen and oxygen atoms in total. The number of methoxy groups -OCH3 is 1. The highest BCUT2D eigenvalue weighted by Crippen LogP contribution is 2.33. The van der Waals surface area contributed by atoms with Crippen LogP contribution >= 0.6 is 0 Å². The number of aromatic amines is 1. The Kier molecular flexibility index (Phi) is 4.21. The molecule has 10 heteroatoms. The number of rotatable bonds is 5. The summed E-state index contributed by atoms with van der Waals surface area (Å²) in [6.45, 7) is 0.266. The van der Waals surface area contributed by atoms with Gasteiger partial charge in [-0.2, -0.15) is 5.10 Å². The Bertz CT molecular complexity index is 1210. The molecule has 0 spiro atoms. The van der Waals surface area contributed by atoms with Gasteiger partial charge in [0.15, 0.2) is 5.54 Å². The number of nitrogens with zero attached hydrogens (tertiary/aromatic N) is 3. The van der Waals surface area contributed by atoms with Gasteiger partial charge in [-0.25, -0.2) is 4.79 Å². The molecule has 156 valence electrons. The lowest BCUT2D eigenvalue weighted by molar-refractivity contribution is -0.124. The number of hydrogen-bond donors (Lipinski definition) is 3. The van der Waals surface area contributed by atoms with Gasteiger partial charge in [-0.15, -0.1) is 0 Å². The smallest absolute Gasteiger partial charge is 0.322 e. The van der Waals surface area contributed by atoms with Crippen LogP contribution in [0, 0.1) is 0 Å². The summed E-state index contributed by atoms with van der Waals surface area (Å²) in [5, 5.41) is 11.9. The lowest BCUT2D eigenvalue weighted by Crippen LogP contribution is -2.52. The number of ether oxygens (including phenoxy) is 1. The molecule has 0 aliphatic carbocycles. The van der Waals surface area contributed by atoms with E-state index < -0.39 is 17.5 Å². The van der Waals surface area contributed by atoms with E-state index in [0.29, 0.717) is 34.7 Å². The minimum atomic E-state index is -1.47. The first-order valence-electron chi connectivity index (χ1n) is 9.55. The molecule has 5 rings (SSSR count). The monoisotopic (exact) mass is 418 g/mol. The van der Waals surface area contributed by atoms with E-state index in [1.807, 2.05) is 6.07 Å². The highest BCUT2D eigenvalue weighted by Gasteiger charge is 2.50. The first-order chi connectivity index (χ1) is 15.0. The number of amides is 4. The van der Waals surface area contributed by atoms with Crippen LogP contribution in [-0.2, 0) is 16.9 Å². The van der Waals surface area contributed by atoms with Crippen LogP contribution in [0.15, 0.2) is 48.9 Å². The van der Waals surface area contributed by atoms with Crippen molar-refractivity contribution < 1.29 is 19.1 Å². The van der Waals surface area contributed by atoms with Gasteiger partial charge in [-0.3, -0.25) is 25.0 Å². The lowest BCUT2D eigenvalue weighted by atomic mass is 9.89. The van der Waals surface area contributed by atoms with Gasteiger partial charge >= 0.3 is 6.03 Å². The molecule has 3 N–H and O–H groups in total. The fourth-order valence-electron chi connectivity index (χ4n) is 4.01. The van der Waals surface area contributed by atoms with E-state index in [1.165, 1.54) is 18.2 Å². The highest BCUT2D eigenvalue weighted by atomic mass is 16.5. The van der Waals surface area contributed by atoms with Gasteiger partial charge in [0.1, 0.15) is 5.75 Å². The Morgan fingerprint density at radius 3 is 2.74 bits per heavy atom. The van der Waals surface area contributed by atoms with Crippen molar-refractivity contribution in [3.05, 3.63) is 65.6 Å². The minimum Gasteiger partial charge on any atom is -0.497 e. The van der Waals surface area contributed by atoms with Gasteiger partial charge < -0.3 is 15.0 Å². The van der Waals surface area contributed by atoms with Crippen LogP contribution < -0.4 is 15.4 Å². The van der Waals surface area contributed by atoms with Crippen LogP contribution in [0.2, 0.25) is 0 Å². The zero-order valence-corrected chi connectivity index (χ0v) is 16.5. The van der Waals surface area contributed by atoms with Crippen LogP contribution in [0.5, 0.6) is 5.75 Å². The van der Waals surface area contributed by atoms with E-state index in [9.17, 15) is 14.4 Å². The van der Waals surface area contributed by atoms with E-state index in [1.54, 1.807) is 36.7 Å². The normalized spacial score (nSPS) is 19.9. The first kappa shape index (κ1) is 18.8. The average Bonchev–Trinajstić information content (AvgIpc) is 3.48. The van der Waals surface area contributed by atoms with Gasteiger partial charge in [-0.1, -0.05) is 6.07 Å². The first-order valence-corrected chi connectivity index (χ1v) is 9.55. The number of hydrogen-bond acceptors (Lipinski definition) is 6. The summed E-state index contributed by atoms with van der Waals surface area (Å²) in [6.07, 6.45) is 4.81. The summed E-state index contributed by atoms with van der Waals surface area (Å²) in [5.74, 6) is -0.204. The molecule has 0 unspecified atom stereocenters. The fourth-order valence-corrected chi connectivity index (χ4v) is 4.01. The highest BCUT2D eigenvalue weighted by molar-refractivity contribution is 6.08. The van der Waals surface area contributed by atoms with Gasteiger partial charge in [0.2, 0.25) is 0 Å². The van der Waals surface area contributed by atoms with E-state index in [4.69, 9.17) is 4.74 Å². The molecule has 4 heterocycles. The van der Waals surface area contributed by atoms with E-state index >= 15 is 0 Å². The number of pyridine rings is 1. The summed E-state index contributed by atoms with van der Waals surface area (Å²) in [4.78, 5) is 43.9. The van der Waals surface area contributed by atoms with Crippen molar-refractivity contribution in [1.82, 2.24) is 30.7 Å². The molecular weight excluding hydrogens is 400 g/mol. The molecule has 0 saturated carbocycles. The molecular formula is C21H18N6O4. The molecule has 1 saturated heterocycles. The molecule has 4 amide bonds. The van der Waals surface area contributed by atoms with E-state index in [2.05, 4.69) is 25.8 Å². The number of H-pyrrole nitrogens is 1. The number of nitrogens with one attached hydrogen (secondary N) is 3. The summed E-state index contributed by atoms with van der Waals surface area (Å²) < 4.78 is 5.22. The van der Waals surface area contributed by atoms with Gasteiger partial charge in [0.05, 0.1) is 19.3 Å².